The van der Waals surface area contributed by atoms with Crippen molar-refractivity contribution in [3.63, 3.8) is 0 Å². The van der Waals surface area contributed by atoms with E-state index in [9.17, 15) is 9.59 Å². The number of nitrogens with two attached hydrogens (primary N) is 1. The van der Waals surface area contributed by atoms with Crippen LogP contribution in [0.4, 0.5) is 5.69 Å². The number of ether oxygens (including phenoxy) is 1. The summed E-state index contributed by atoms with van der Waals surface area (Å²) in [5, 5.41) is 11.7. The first-order chi connectivity index (χ1) is 9.37. The van der Waals surface area contributed by atoms with Gasteiger partial charge in [0.25, 0.3) is 0 Å². The maximum atomic E-state index is 11.6. The minimum atomic E-state index is -0.998. The Morgan fingerprint density at radius 3 is 2.70 bits per heavy atom. The van der Waals surface area contributed by atoms with Crippen LogP contribution in [0.3, 0.4) is 0 Å². The van der Waals surface area contributed by atoms with Crippen LogP contribution in [0.15, 0.2) is 24.3 Å². The van der Waals surface area contributed by atoms with Crippen LogP contribution in [0.1, 0.15) is 26.2 Å². The van der Waals surface area contributed by atoms with Gasteiger partial charge in [-0.1, -0.05) is 6.07 Å². The summed E-state index contributed by atoms with van der Waals surface area (Å²) in [6.07, 6.45) is 0.709. The summed E-state index contributed by atoms with van der Waals surface area (Å²) in [6.45, 7) is 1.66. The smallest absolute Gasteiger partial charge is 0.303 e. The maximum absolute atomic E-state index is 11.6. The van der Waals surface area contributed by atoms with E-state index in [1.165, 1.54) is 0 Å². The summed E-state index contributed by atoms with van der Waals surface area (Å²) < 4.78 is 5.11. The molecule has 1 atom stereocenters. The number of aliphatic carboxylic acids is 1. The van der Waals surface area contributed by atoms with Gasteiger partial charge in [-0.3, -0.25) is 9.59 Å². The molecule has 0 radical (unpaired) electrons. The minimum absolute atomic E-state index is 0.00264. The van der Waals surface area contributed by atoms with Crippen molar-refractivity contribution >= 4 is 17.6 Å². The highest BCUT2D eigenvalue weighted by Crippen LogP contribution is 2.24. The standard InChI is InChI=1S/C14H20N2O4/c1-14(13(15)19,8-4-7-12(17)18)16-10-5-3-6-11(9-10)20-2/h3,5-6,9,16H,4,7-8H2,1-2H3,(H2,15,19)(H,17,18). The quantitative estimate of drug-likeness (QED) is 0.671. The number of carbonyl (C=O) groups is 2. The molecule has 110 valence electrons. The van der Waals surface area contributed by atoms with Crippen LogP contribution >= 0.6 is 0 Å². The van der Waals surface area contributed by atoms with Crippen molar-refractivity contribution in [1.29, 1.82) is 0 Å². The summed E-state index contributed by atoms with van der Waals surface area (Å²) in [6, 6.07) is 7.12. The van der Waals surface area contributed by atoms with Crippen LogP contribution in [0, 0.1) is 0 Å². The van der Waals surface area contributed by atoms with Gasteiger partial charge in [0.05, 0.1) is 7.11 Å². The lowest BCUT2D eigenvalue weighted by Gasteiger charge is -2.28. The van der Waals surface area contributed by atoms with Crippen LogP contribution in [-0.2, 0) is 9.59 Å². The third-order valence-corrected chi connectivity index (χ3v) is 3.10. The number of anilines is 1. The summed E-state index contributed by atoms with van der Waals surface area (Å²) >= 11 is 0. The van der Waals surface area contributed by atoms with E-state index in [0.717, 1.165) is 0 Å². The normalized spacial score (nSPS) is 13.3. The third-order valence-electron chi connectivity index (χ3n) is 3.10. The molecule has 0 bridgehead atoms. The predicted molar refractivity (Wildman–Crippen MR) is 75.7 cm³/mol. The second-order valence-electron chi connectivity index (χ2n) is 4.80. The van der Waals surface area contributed by atoms with Gasteiger partial charge in [0, 0.05) is 18.2 Å². The Morgan fingerprint density at radius 2 is 2.15 bits per heavy atom. The van der Waals surface area contributed by atoms with E-state index in [4.69, 9.17) is 15.6 Å². The van der Waals surface area contributed by atoms with Crippen LogP contribution in [-0.4, -0.2) is 29.6 Å². The van der Waals surface area contributed by atoms with Crippen molar-refractivity contribution in [3.8, 4) is 5.75 Å². The highest BCUT2D eigenvalue weighted by molar-refractivity contribution is 5.87. The number of carboxylic acid groups (broad SMARTS) is 1. The van der Waals surface area contributed by atoms with Gasteiger partial charge in [0.2, 0.25) is 5.91 Å². The lowest BCUT2D eigenvalue weighted by Crippen LogP contribution is -2.47. The number of carbonyl (C=O) groups excluding carboxylic acids is 1. The molecule has 1 rings (SSSR count). The van der Waals surface area contributed by atoms with Crippen LogP contribution in [0.25, 0.3) is 0 Å². The van der Waals surface area contributed by atoms with Gasteiger partial charge in [0.15, 0.2) is 0 Å². The minimum Gasteiger partial charge on any atom is -0.497 e. The fraction of sp³-hybridized carbons (Fsp3) is 0.429. The molecule has 20 heavy (non-hydrogen) atoms. The number of methoxy groups -OCH3 is 1. The first-order valence-electron chi connectivity index (χ1n) is 6.31. The van der Waals surface area contributed by atoms with Crippen molar-refractivity contribution in [2.24, 2.45) is 5.73 Å². The molecular weight excluding hydrogens is 260 g/mol. The van der Waals surface area contributed by atoms with Gasteiger partial charge in [-0.25, -0.2) is 0 Å². The van der Waals surface area contributed by atoms with E-state index < -0.39 is 17.4 Å². The molecule has 0 spiro atoms. The van der Waals surface area contributed by atoms with Crippen molar-refractivity contribution < 1.29 is 19.4 Å². The van der Waals surface area contributed by atoms with E-state index in [-0.39, 0.29) is 6.42 Å². The summed E-state index contributed by atoms with van der Waals surface area (Å²) in [4.78, 5) is 22.2. The molecule has 0 aliphatic heterocycles. The highest BCUT2D eigenvalue weighted by Gasteiger charge is 2.30. The Balaban J connectivity index is 2.79. The average Bonchev–Trinajstić information content (AvgIpc) is 2.38. The number of carboxylic acids is 1. The Hall–Kier alpha value is -2.24. The lowest BCUT2D eigenvalue weighted by atomic mass is 9.93. The van der Waals surface area contributed by atoms with Crippen LogP contribution < -0.4 is 15.8 Å². The topological polar surface area (TPSA) is 102 Å². The first-order valence-corrected chi connectivity index (χ1v) is 6.31. The van der Waals surface area contributed by atoms with E-state index in [2.05, 4.69) is 5.32 Å². The molecule has 0 aliphatic carbocycles. The predicted octanol–water partition coefficient (Wildman–Crippen LogP) is 1.61. The zero-order chi connectivity index (χ0) is 15.2. The lowest BCUT2D eigenvalue weighted by molar-refractivity contribution is -0.137. The number of hydrogen-bond donors (Lipinski definition) is 3. The van der Waals surface area contributed by atoms with Crippen molar-refractivity contribution in [3.05, 3.63) is 24.3 Å². The monoisotopic (exact) mass is 280 g/mol. The molecule has 1 aromatic carbocycles. The van der Waals surface area contributed by atoms with Gasteiger partial charge < -0.3 is 20.9 Å². The summed E-state index contributed by atoms with van der Waals surface area (Å²) in [7, 11) is 1.55. The molecule has 0 aliphatic rings. The van der Waals surface area contributed by atoms with Crippen molar-refractivity contribution in [2.75, 3.05) is 12.4 Å². The zero-order valence-electron chi connectivity index (χ0n) is 11.7. The number of primary amides is 1. The zero-order valence-corrected chi connectivity index (χ0v) is 11.7. The molecule has 6 nitrogen and oxygen atoms in total. The molecule has 0 saturated heterocycles. The number of nitrogens with one attached hydrogen (secondary N) is 1. The molecule has 6 heteroatoms. The molecule has 0 fully saturated rings. The van der Waals surface area contributed by atoms with Crippen LogP contribution in [0.2, 0.25) is 0 Å². The largest absolute Gasteiger partial charge is 0.497 e. The molecular formula is C14H20N2O4. The number of benzene rings is 1. The van der Waals surface area contributed by atoms with Gasteiger partial charge in [0.1, 0.15) is 11.3 Å². The van der Waals surface area contributed by atoms with E-state index >= 15 is 0 Å². The SMILES string of the molecule is COc1cccc(NC(C)(CCCC(=O)O)C(N)=O)c1. The summed E-state index contributed by atoms with van der Waals surface area (Å²) in [5.74, 6) is -0.753. The Kier molecular flexibility index (Phi) is 5.37. The van der Waals surface area contributed by atoms with E-state index in [0.29, 0.717) is 24.3 Å². The van der Waals surface area contributed by atoms with Crippen molar-refractivity contribution in [2.45, 2.75) is 31.7 Å². The Morgan fingerprint density at radius 1 is 1.45 bits per heavy atom. The van der Waals surface area contributed by atoms with E-state index in [1.807, 2.05) is 0 Å². The van der Waals surface area contributed by atoms with Gasteiger partial charge in [-0.05, 0) is 31.9 Å². The maximum Gasteiger partial charge on any atom is 0.303 e. The van der Waals surface area contributed by atoms with E-state index in [1.54, 1.807) is 38.3 Å². The number of rotatable bonds is 8. The summed E-state index contributed by atoms with van der Waals surface area (Å²) in [5.41, 5.74) is 5.12. The Bertz CT molecular complexity index is 490. The molecule has 0 saturated carbocycles. The van der Waals surface area contributed by atoms with Crippen LogP contribution in [0.5, 0.6) is 5.75 Å². The Labute approximate surface area is 117 Å². The molecule has 4 N–H and O–H groups in total. The molecule has 0 aromatic heterocycles. The molecule has 1 unspecified atom stereocenters. The second-order valence-corrected chi connectivity index (χ2v) is 4.80. The van der Waals surface area contributed by atoms with Gasteiger partial charge in [-0.2, -0.15) is 0 Å². The first kappa shape index (κ1) is 15.8. The molecule has 1 aromatic rings. The molecule has 1 amide bonds. The fourth-order valence-corrected chi connectivity index (χ4v) is 1.86. The fourth-order valence-electron chi connectivity index (χ4n) is 1.86. The number of amides is 1. The third kappa shape index (κ3) is 4.46. The number of hydrogen-bond acceptors (Lipinski definition) is 4. The molecule has 0 heterocycles. The van der Waals surface area contributed by atoms with Gasteiger partial charge in [-0.15, -0.1) is 0 Å². The van der Waals surface area contributed by atoms with Gasteiger partial charge >= 0.3 is 5.97 Å². The average molecular weight is 280 g/mol. The highest BCUT2D eigenvalue weighted by atomic mass is 16.5. The second kappa shape index (κ2) is 6.79. The van der Waals surface area contributed by atoms with Crippen molar-refractivity contribution in [1.82, 2.24) is 0 Å².